The molecule has 0 heterocycles. The number of carbonyl (C=O) groups is 1. The predicted molar refractivity (Wildman–Crippen MR) is 110 cm³/mol. The number of amides is 1. The third-order valence-electron chi connectivity index (χ3n) is 5.61. The van der Waals surface area contributed by atoms with Crippen molar-refractivity contribution in [2.75, 3.05) is 13.1 Å². The molecule has 1 aliphatic carbocycles. The molecule has 0 radical (unpaired) electrons. The molecule has 1 aromatic carbocycles. The van der Waals surface area contributed by atoms with Gasteiger partial charge in [-0.3, -0.25) is 4.79 Å². The second-order valence-electron chi connectivity index (χ2n) is 7.20. The summed E-state index contributed by atoms with van der Waals surface area (Å²) < 4.78 is 27.0. The van der Waals surface area contributed by atoms with E-state index in [1.165, 1.54) is 16.4 Å². The summed E-state index contributed by atoms with van der Waals surface area (Å²) in [4.78, 5) is 12.7. The highest BCUT2D eigenvalue weighted by molar-refractivity contribution is 7.89. The molecule has 1 amide bonds. The molecule has 0 aromatic heterocycles. The Balaban J connectivity index is 2.36. The van der Waals surface area contributed by atoms with E-state index in [9.17, 15) is 13.2 Å². The molecular weight excluding hydrogens is 407 g/mol. The summed E-state index contributed by atoms with van der Waals surface area (Å²) in [7, 11) is -3.79. The van der Waals surface area contributed by atoms with E-state index in [4.69, 9.17) is 23.2 Å². The lowest BCUT2D eigenvalue weighted by Crippen LogP contribution is -2.43. The lowest BCUT2D eigenvalue weighted by Gasteiger charge is -2.34. The summed E-state index contributed by atoms with van der Waals surface area (Å²) in [5, 5.41) is 3.20. The molecule has 5 nitrogen and oxygen atoms in total. The molecule has 1 N–H and O–H groups in total. The van der Waals surface area contributed by atoms with Gasteiger partial charge in [-0.1, -0.05) is 63.7 Å². The van der Waals surface area contributed by atoms with Crippen molar-refractivity contribution in [3.05, 3.63) is 27.7 Å². The number of sulfonamides is 1. The molecule has 8 heteroatoms. The topological polar surface area (TPSA) is 66.5 Å². The van der Waals surface area contributed by atoms with Crippen LogP contribution in [0.5, 0.6) is 0 Å². The van der Waals surface area contributed by atoms with E-state index in [1.807, 2.05) is 0 Å². The first-order valence-corrected chi connectivity index (χ1v) is 11.6. The summed E-state index contributed by atoms with van der Waals surface area (Å²) in [6.45, 7) is 8.46. The number of rotatable bonds is 6. The van der Waals surface area contributed by atoms with Crippen molar-refractivity contribution in [3.8, 4) is 0 Å². The summed E-state index contributed by atoms with van der Waals surface area (Å²) in [5.74, 6) is 0.523. The van der Waals surface area contributed by atoms with Gasteiger partial charge in [0.15, 0.2) is 0 Å². The number of hydrogen-bond donors (Lipinski definition) is 1. The highest BCUT2D eigenvalue weighted by Gasteiger charge is 2.30. The van der Waals surface area contributed by atoms with Crippen molar-refractivity contribution in [1.82, 2.24) is 9.62 Å². The molecule has 0 bridgehead atoms. The van der Waals surface area contributed by atoms with Gasteiger partial charge >= 0.3 is 0 Å². The van der Waals surface area contributed by atoms with Crippen LogP contribution in [-0.2, 0) is 10.0 Å². The number of nitrogens with zero attached hydrogens (tertiary/aromatic N) is 1. The molecule has 1 aliphatic rings. The minimum Gasteiger partial charge on any atom is -0.349 e. The highest BCUT2D eigenvalue weighted by atomic mass is 35.5. The lowest BCUT2D eigenvalue weighted by molar-refractivity contribution is 0.0891. The van der Waals surface area contributed by atoms with Gasteiger partial charge in [-0.05, 0) is 30.4 Å². The first-order valence-electron chi connectivity index (χ1n) is 9.43. The van der Waals surface area contributed by atoms with E-state index in [0.29, 0.717) is 24.9 Å². The van der Waals surface area contributed by atoms with Crippen LogP contribution in [0, 0.1) is 11.8 Å². The van der Waals surface area contributed by atoms with Crippen LogP contribution >= 0.6 is 23.2 Å². The maximum absolute atomic E-state index is 12.9. The van der Waals surface area contributed by atoms with Crippen LogP contribution in [0.1, 0.15) is 57.3 Å². The van der Waals surface area contributed by atoms with Crippen molar-refractivity contribution in [2.24, 2.45) is 11.8 Å². The zero-order chi connectivity index (χ0) is 20.4. The van der Waals surface area contributed by atoms with Gasteiger partial charge in [-0.25, -0.2) is 8.42 Å². The third kappa shape index (κ3) is 4.78. The van der Waals surface area contributed by atoms with Crippen LogP contribution in [-0.4, -0.2) is 37.8 Å². The minimum absolute atomic E-state index is 0.0168. The lowest BCUT2D eigenvalue weighted by atomic mass is 9.78. The van der Waals surface area contributed by atoms with Crippen molar-refractivity contribution in [2.45, 2.75) is 57.9 Å². The van der Waals surface area contributed by atoms with Gasteiger partial charge in [0.05, 0.1) is 15.6 Å². The molecule has 1 saturated carbocycles. The monoisotopic (exact) mass is 434 g/mol. The molecule has 2 rings (SSSR count). The van der Waals surface area contributed by atoms with Gasteiger partial charge in [0.1, 0.15) is 4.90 Å². The van der Waals surface area contributed by atoms with Gasteiger partial charge in [0.25, 0.3) is 5.91 Å². The number of nitrogens with one attached hydrogen (secondary N) is 1. The fraction of sp³-hybridized carbons (Fsp3) is 0.632. The van der Waals surface area contributed by atoms with Crippen LogP contribution in [0.3, 0.4) is 0 Å². The van der Waals surface area contributed by atoms with Crippen molar-refractivity contribution >= 4 is 39.1 Å². The zero-order valence-corrected chi connectivity index (χ0v) is 18.6. The normalized spacial score (nSPS) is 23.4. The first-order chi connectivity index (χ1) is 12.6. The number of hydrogen-bond acceptors (Lipinski definition) is 3. The maximum atomic E-state index is 12.9. The molecule has 0 saturated heterocycles. The molecule has 1 fully saturated rings. The Morgan fingerprint density at radius 3 is 2.37 bits per heavy atom. The molecule has 0 unspecified atom stereocenters. The molecule has 3 atom stereocenters. The van der Waals surface area contributed by atoms with Crippen LogP contribution in [0.15, 0.2) is 17.0 Å². The fourth-order valence-electron chi connectivity index (χ4n) is 3.64. The van der Waals surface area contributed by atoms with Crippen molar-refractivity contribution < 1.29 is 13.2 Å². The third-order valence-corrected chi connectivity index (χ3v) is 8.44. The Kier molecular flexibility index (Phi) is 7.59. The SMILES string of the molecule is CCN(CC)S(=O)(=O)c1cc(C(=O)N[C@@H]2CCC[C@@H](C)[C@H]2C)c(Cl)cc1Cl. The second kappa shape index (κ2) is 9.12. The number of benzene rings is 1. The largest absolute Gasteiger partial charge is 0.349 e. The average Bonchev–Trinajstić information content (AvgIpc) is 2.59. The van der Waals surface area contributed by atoms with E-state index in [0.717, 1.165) is 19.3 Å². The molecule has 27 heavy (non-hydrogen) atoms. The van der Waals surface area contributed by atoms with Crippen LogP contribution in [0.2, 0.25) is 10.0 Å². The Morgan fingerprint density at radius 2 is 1.78 bits per heavy atom. The van der Waals surface area contributed by atoms with Crippen molar-refractivity contribution in [3.63, 3.8) is 0 Å². The van der Waals surface area contributed by atoms with Gasteiger partial charge in [-0.15, -0.1) is 0 Å². The van der Waals surface area contributed by atoms with E-state index in [-0.39, 0.29) is 32.5 Å². The van der Waals surface area contributed by atoms with Gasteiger partial charge < -0.3 is 5.32 Å². The summed E-state index contributed by atoms with van der Waals surface area (Å²) in [6, 6.07) is 2.68. The minimum atomic E-state index is -3.79. The maximum Gasteiger partial charge on any atom is 0.253 e. The number of halogens is 2. The highest BCUT2D eigenvalue weighted by Crippen LogP contribution is 2.32. The van der Waals surface area contributed by atoms with Gasteiger partial charge in [0.2, 0.25) is 10.0 Å². The molecule has 152 valence electrons. The summed E-state index contributed by atoms with van der Waals surface area (Å²) in [6.07, 6.45) is 3.13. The van der Waals surface area contributed by atoms with E-state index >= 15 is 0 Å². The summed E-state index contributed by atoms with van der Waals surface area (Å²) >= 11 is 12.4. The number of carbonyl (C=O) groups excluding carboxylic acids is 1. The first kappa shape index (κ1) is 22.5. The molecule has 0 aliphatic heterocycles. The van der Waals surface area contributed by atoms with Gasteiger partial charge in [-0.2, -0.15) is 4.31 Å². The molecular formula is C19H28Cl2N2O3S. The Labute approximate surface area is 172 Å². The summed E-state index contributed by atoms with van der Waals surface area (Å²) in [5.41, 5.74) is 0.136. The van der Waals surface area contributed by atoms with E-state index < -0.39 is 10.0 Å². The van der Waals surface area contributed by atoms with E-state index in [2.05, 4.69) is 19.2 Å². The van der Waals surface area contributed by atoms with Crippen molar-refractivity contribution in [1.29, 1.82) is 0 Å². The Bertz CT molecular complexity index is 794. The van der Waals surface area contributed by atoms with Gasteiger partial charge in [0, 0.05) is 19.1 Å². The fourth-order valence-corrected chi connectivity index (χ4v) is 5.93. The Hall–Kier alpha value is -0.820. The van der Waals surface area contributed by atoms with Crippen LogP contribution in [0.25, 0.3) is 0 Å². The molecule has 0 spiro atoms. The van der Waals surface area contributed by atoms with Crippen LogP contribution in [0.4, 0.5) is 0 Å². The molecule has 1 aromatic rings. The standard InChI is InChI=1S/C19H28Cl2N2O3S/c1-5-23(6-2)27(25,26)18-10-14(15(20)11-16(18)21)19(24)22-17-9-7-8-12(3)13(17)4/h10-13,17H,5-9H2,1-4H3,(H,22,24)/t12-,13-,17-/m1/s1. The Morgan fingerprint density at radius 1 is 1.15 bits per heavy atom. The smallest absolute Gasteiger partial charge is 0.253 e. The second-order valence-corrected chi connectivity index (χ2v) is 9.92. The predicted octanol–water partition coefficient (Wildman–Crippen LogP) is 4.58. The zero-order valence-electron chi connectivity index (χ0n) is 16.3. The average molecular weight is 435 g/mol. The van der Waals surface area contributed by atoms with Crippen LogP contribution < -0.4 is 5.32 Å². The quantitative estimate of drug-likeness (QED) is 0.712. The van der Waals surface area contributed by atoms with E-state index in [1.54, 1.807) is 13.8 Å².